The zero-order valence-corrected chi connectivity index (χ0v) is 10.0. The summed E-state index contributed by atoms with van der Waals surface area (Å²) in [4.78, 5) is 0. The second-order valence-corrected chi connectivity index (χ2v) is 5.99. The molecule has 0 saturated carbocycles. The van der Waals surface area contributed by atoms with Crippen LogP contribution in [0, 0.1) is 6.92 Å². The van der Waals surface area contributed by atoms with Gasteiger partial charge in [0.25, 0.3) is 0 Å². The smallest absolute Gasteiger partial charge is 0.142 e. The van der Waals surface area contributed by atoms with E-state index in [0.29, 0.717) is 11.9 Å². The lowest BCUT2D eigenvalue weighted by molar-refractivity contribution is 0.748. The lowest BCUT2D eigenvalue weighted by atomic mass is 10.2. The Labute approximate surface area is 92.6 Å². The van der Waals surface area contributed by atoms with Crippen molar-refractivity contribution in [1.82, 2.24) is 4.37 Å². The van der Waals surface area contributed by atoms with E-state index in [4.69, 9.17) is 5.73 Å². The van der Waals surface area contributed by atoms with Crippen LogP contribution in [0.3, 0.4) is 0 Å². The maximum absolute atomic E-state index is 5.70. The van der Waals surface area contributed by atoms with Crippen LogP contribution in [-0.4, -0.2) is 21.4 Å². The molecule has 0 radical (unpaired) electrons. The third-order valence-electron chi connectivity index (χ3n) is 2.49. The molecule has 1 aromatic rings. The van der Waals surface area contributed by atoms with Gasteiger partial charge in [-0.15, -0.1) is 0 Å². The van der Waals surface area contributed by atoms with Crippen LogP contribution >= 0.6 is 23.3 Å². The summed E-state index contributed by atoms with van der Waals surface area (Å²) in [6.45, 7) is 4.30. The monoisotopic (exact) mass is 229 g/mol. The van der Waals surface area contributed by atoms with Crippen molar-refractivity contribution >= 4 is 34.1 Å². The molecule has 0 amide bonds. The summed E-state index contributed by atoms with van der Waals surface area (Å²) in [6.07, 6.45) is 1.24. The molecule has 1 fully saturated rings. The van der Waals surface area contributed by atoms with Gasteiger partial charge in [0.2, 0.25) is 0 Å². The summed E-state index contributed by atoms with van der Waals surface area (Å²) in [5.74, 6) is 1.86. The molecule has 78 valence electrons. The molecule has 2 atom stereocenters. The van der Waals surface area contributed by atoms with Crippen molar-refractivity contribution in [2.45, 2.75) is 31.6 Å². The fourth-order valence-electron chi connectivity index (χ4n) is 1.59. The first-order chi connectivity index (χ1) is 6.66. The number of rotatable bonds is 2. The Bertz CT molecular complexity index is 324. The van der Waals surface area contributed by atoms with Crippen molar-refractivity contribution in [1.29, 1.82) is 0 Å². The molecule has 1 aromatic heterocycles. The van der Waals surface area contributed by atoms with Gasteiger partial charge in [0.1, 0.15) is 10.8 Å². The average Bonchev–Trinajstić information content (AvgIpc) is 2.67. The molecule has 1 saturated heterocycles. The Kier molecular flexibility index (Phi) is 2.88. The average molecular weight is 229 g/mol. The van der Waals surface area contributed by atoms with Gasteiger partial charge in [0.05, 0.1) is 0 Å². The third kappa shape index (κ3) is 1.98. The molecule has 0 spiro atoms. The largest absolute Gasteiger partial charge is 0.383 e. The van der Waals surface area contributed by atoms with Crippen LogP contribution in [0.2, 0.25) is 0 Å². The number of hydrogen-bond acceptors (Lipinski definition) is 5. The minimum atomic E-state index is 0.591. The summed E-state index contributed by atoms with van der Waals surface area (Å²) in [6, 6.07) is 0.591. The van der Waals surface area contributed by atoms with Crippen LogP contribution < -0.4 is 11.1 Å². The highest BCUT2D eigenvalue weighted by Crippen LogP contribution is 2.32. The van der Waals surface area contributed by atoms with Crippen LogP contribution in [-0.2, 0) is 0 Å². The maximum atomic E-state index is 5.70. The Morgan fingerprint density at radius 3 is 2.86 bits per heavy atom. The zero-order valence-electron chi connectivity index (χ0n) is 8.41. The molecule has 1 aliphatic heterocycles. The highest BCUT2D eigenvalue weighted by atomic mass is 32.2. The van der Waals surface area contributed by atoms with Crippen LogP contribution in [0.25, 0.3) is 0 Å². The van der Waals surface area contributed by atoms with Gasteiger partial charge in [-0.3, -0.25) is 0 Å². The predicted octanol–water partition coefficient (Wildman–Crippen LogP) is 2.34. The number of nitrogens with one attached hydrogen (secondary N) is 1. The minimum Gasteiger partial charge on any atom is -0.383 e. The molecule has 3 nitrogen and oxygen atoms in total. The molecule has 0 aliphatic carbocycles. The lowest BCUT2D eigenvalue weighted by Gasteiger charge is -2.11. The Balaban J connectivity index is 2.01. The Morgan fingerprint density at radius 2 is 2.36 bits per heavy atom. The lowest BCUT2D eigenvalue weighted by Crippen LogP contribution is -2.18. The summed E-state index contributed by atoms with van der Waals surface area (Å²) in [5, 5.41) is 5.43. The molecule has 14 heavy (non-hydrogen) atoms. The summed E-state index contributed by atoms with van der Waals surface area (Å²) < 4.78 is 4.13. The quantitative estimate of drug-likeness (QED) is 0.817. The first-order valence-corrected chi connectivity index (χ1v) is 6.59. The second-order valence-electron chi connectivity index (χ2n) is 3.74. The van der Waals surface area contributed by atoms with Gasteiger partial charge in [0.15, 0.2) is 0 Å². The van der Waals surface area contributed by atoms with Crippen LogP contribution in [0.15, 0.2) is 0 Å². The van der Waals surface area contributed by atoms with Crippen molar-refractivity contribution in [3.05, 3.63) is 5.56 Å². The number of hydrogen-bond donors (Lipinski definition) is 2. The number of thioether (sulfide) groups is 1. The molecule has 2 unspecified atom stereocenters. The molecule has 5 heteroatoms. The third-order valence-corrected chi connectivity index (χ3v) is 4.74. The van der Waals surface area contributed by atoms with E-state index in [1.807, 2.05) is 18.7 Å². The minimum absolute atomic E-state index is 0.591. The molecule has 0 bridgehead atoms. The van der Waals surface area contributed by atoms with Gasteiger partial charge in [0, 0.05) is 22.6 Å². The SMILES string of the molecule is Cc1c(N)nsc1NC1CSC(C)C1. The van der Waals surface area contributed by atoms with Gasteiger partial charge in [-0.05, 0) is 24.9 Å². The standard InChI is InChI=1S/C9H15N3S2/c1-5-3-7(4-13-5)11-9-6(2)8(10)12-14-9/h5,7,11H,3-4H2,1-2H3,(H2,10,12). The fourth-order valence-corrected chi connectivity index (χ4v) is 3.52. The number of nitrogen functional groups attached to an aromatic ring is 1. The van der Waals surface area contributed by atoms with E-state index in [2.05, 4.69) is 16.6 Å². The highest BCUT2D eigenvalue weighted by molar-refractivity contribution is 8.00. The van der Waals surface area contributed by atoms with Crippen molar-refractivity contribution in [2.24, 2.45) is 0 Å². The van der Waals surface area contributed by atoms with E-state index in [-0.39, 0.29) is 0 Å². The summed E-state index contributed by atoms with van der Waals surface area (Å²) >= 11 is 3.50. The molecular weight excluding hydrogens is 214 g/mol. The first kappa shape index (κ1) is 10.1. The summed E-state index contributed by atoms with van der Waals surface area (Å²) in [5.41, 5.74) is 6.79. The number of nitrogens with zero attached hydrogens (tertiary/aromatic N) is 1. The van der Waals surface area contributed by atoms with Crippen LogP contribution in [0.5, 0.6) is 0 Å². The van der Waals surface area contributed by atoms with E-state index in [9.17, 15) is 0 Å². The molecule has 2 rings (SSSR count). The van der Waals surface area contributed by atoms with Crippen LogP contribution in [0.1, 0.15) is 18.9 Å². The van der Waals surface area contributed by atoms with Crippen LogP contribution in [0.4, 0.5) is 10.8 Å². The topological polar surface area (TPSA) is 50.9 Å². The highest BCUT2D eigenvalue weighted by Gasteiger charge is 2.22. The predicted molar refractivity (Wildman–Crippen MR) is 65.2 cm³/mol. The van der Waals surface area contributed by atoms with E-state index in [0.717, 1.165) is 15.8 Å². The van der Waals surface area contributed by atoms with E-state index in [1.165, 1.54) is 23.7 Å². The van der Waals surface area contributed by atoms with Crippen molar-refractivity contribution in [2.75, 3.05) is 16.8 Å². The van der Waals surface area contributed by atoms with Gasteiger partial charge in [-0.1, -0.05) is 6.92 Å². The molecule has 2 heterocycles. The van der Waals surface area contributed by atoms with Crippen molar-refractivity contribution in [3.63, 3.8) is 0 Å². The Hall–Kier alpha value is -0.420. The van der Waals surface area contributed by atoms with Crippen molar-refractivity contribution in [3.8, 4) is 0 Å². The molecule has 0 aromatic carbocycles. The fraction of sp³-hybridized carbons (Fsp3) is 0.667. The second kappa shape index (κ2) is 3.98. The zero-order chi connectivity index (χ0) is 10.1. The van der Waals surface area contributed by atoms with Crippen molar-refractivity contribution < 1.29 is 0 Å². The summed E-state index contributed by atoms with van der Waals surface area (Å²) in [7, 11) is 0. The van der Waals surface area contributed by atoms with E-state index >= 15 is 0 Å². The Morgan fingerprint density at radius 1 is 1.57 bits per heavy atom. The maximum Gasteiger partial charge on any atom is 0.142 e. The number of anilines is 2. The van der Waals surface area contributed by atoms with Gasteiger partial charge < -0.3 is 11.1 Å². The number of aromatic nitrogens is 1. The van der Waals surface area contributed by atoms with Gasteiger partial charge >= 0.3 is 0 Å². The molecular formula is C9H15N3S2. The first-order valence-electron chi connectivity index (χ1n) is 4.76. The van der Waals surface area contributed by atoms with Gasteiger partial charge in [-0.25, -0.2) is 0 Å². The van der Waals surface area contributed by atoms with E-state index < -0.39 is 0 Å². The normalized spacial score (nSPS) is 26.7. The van der Waals surface area contributed by atoms with Gasteiger partial charge in [-0.2, -0.15) is 16.1 Å². The number of nitrogens with two attached hydrogens (primary N) is 1. The van der Waals surface area contributed by atoms with E-state index in [1.54, 1.807) is 0 Å². The molecule has 3 N–H and O–H groups in total. The molecule has 1 aliphatic rings.